The van der Waals surface area contributed by atoms with Crippen molar-refractivity contribution in [2.75, 3.05) is 0 Å². The topological polar surface area (TPSA) is 54.5 Å². The molecule has 3 heterocycles. The van der Waals surface area contributed by atoms with Crippen LogP contribution in [0.5, 0.6) is 0 Å². The van der Waals surface area contributed by atoms with E-state index in [0.717, 1.165) is 45.4 Å². The number of aromatic nitrogens is 1. The van der Waals surface area contributed by atoms with Crippen LogP contribution in [0.2, 0.25) is 5.02 Å². The van der Waals surface area contributed by atoms with Gasteiger partial charge in [-0.15, -0.1) is 0 Å². The summed E-state index contributed by atoms with van der Waals surface area (Å²) in [6, 6.07) is 18.6. The van der Waals surface area contributed by atoms with Gasteiger partial charge in [0.15, 0.2) is 0 Å². The Hall–Kier alpha value is -3.37. The average Bonchev–Trinajstić information content (AvgIpc) is 2.83. The highest BCUT2D eigenvalue weighted by atomic mass is 35.5. The van der Waals surface area contributed by atoms with Gasteiger partial charge in [-0.2, -0.15) is 0 Å². The zero-order chi connectivity index (χ0) is 23.2. The summed E-state index contributed by atoms with van der Waals surface area (Å²) in [5, 5.41) is 1.74. The van der Waals surface area contributed by atoms with Gasteiger partial charge in [0.05, 0.1) is 16.9 Å². The number of aliphatic imine (C=N–C) groups is 1. The molecule has 1 aromatic heterocycles. The van der Waals surface area contributed by atoms with Crippen molar-refractivity contribution in [2.24, 2.45) is 22.6 Å². The van der Waals surface area contributed by atoms with Crippen molar-refractivity contribution in [1.29, 1.82) is 0 Å². The molecule has 0 bridgehead atoms. The van der Waals surface area contributed by atoms with Crippen LogP contribution in [0.15, 0.2) is 89.5 Å². The fraction of sp³-hybridized carbons (Fsp3) is 0.241. The van der Waals surface area contributed by atoms with Crippen molar-refractivity contribution in [2.45, 2.75) is 32.6 Å². The summed E-state index contributed by atoms with van der Waals surface area (Å²) in [5.74, 6) is 1.35. The van der Waals surface area contributed by atoms with E-state index in [0.29, 0.717) is 16.8 Å². The van der Waals surface area contributed by atoms with Gasteiger partial charge < -0.3 is 10.6 Å². The number of fused-ring (bicyclic) bond motifs is 2. The Morgan fingerprint density at radius 3 is 2.65 bits per heavy atom. The zero-order valence-electron chi connectivity index (χ0n) is 19.2. The molecule has 2 aliphatic heterocycles. The maximum atomic E-state index is 6.93. The molecule has 1 aliphatic carbocycles. The Bertz CT molecular complexity index is 1400. The minimum absolute atomic E-state index is 0.217. The number of hydrogen-bond donors (Lipinski definition) is 1. The third-order valence-corrected chi connectivity index (χ3v) is 7.60. The van der Waals surface area contributed by atoms with Crippen LogP contribution in [-0.4, -0.2) is 15.7 Å². The first kappa shape index (κ1) is 21.2. The summed E-state index contributed by atoms with van der Waals surface area (Å²) in [7, 11) is 0. The number of nitrogens with zero attached hydrogens (tertiary/aromatic N) is 3. The highest BCUT2D eigenvalue weighted by molar-refractivity contribution is 6.33. The molecule has 170 valence electrons. The molecule has 34 heavy (non-hydrogen) atoms. The fourth-order valence-electron chi connectivity index (χ4n) is 5.27. The molecule has 1 atom stereocenters. The lowest BCUT2D eigenvalue weighted by Crippen LogP contribution is -2.38. The number of allylic oxidation sites excluding steroid dienone is 3. The molecule has 2 aromatic carbocycles. The summed E-state index contributed by atoms with van der Waals surface area (Å²) < 4.78 is 0. The number of pyridine rings is 1. The van der Waals surface area contributed by atoms with E-state index >= 15 is 0 Å². The van der Waals surface area contributed by atoms with Crippen molar-refractivity contribution in [1.82, 2.24) is 9.88 Å². The Morgan fingerprint density at radius 2 is 1.91 bits per heavy atom. The third-order valence-electron chi connectivity index (χ3n) is 7.29. The number of nitrogens with two attached hydrogens (primary N) is 1. The smallest absolute Gasteiger partial charge is 0.148 e. The van der Waals surface area contributed by atoms with E-state index in [4.69, 9.17) is 22.3 Å². The molecule has 3 aliphatic rings. The summed E-state index contributed by atoms with van der Waals surface area (Å²) in [5.41, 5.74) is 13.9. The predicted octanol–water partition coefficient (Wildman–Crippen LogP) is 7.13. The highest BCUT2D eigenvalue weighted by Crippen LogP contribution is 2.47. The van der Waals surface area contributed by atoms with Crippen LogP contribution in [0.4, 0.5) is 0 Å². The largest absolute Gasteiger partial charge is 0.382 e. The summed E-state index contributed by atoms with van der Waals surface area (Å²) in [6.45, 7) is 2.22. The lowest BCUT2D eigenvalue weighted by Gasteiger charge is -2.42. The highest BCUT2D eigenvalue weighted by Gasteiger charge is 2.36. The lowest BCUT2D eigenvalue weighted by atomic mass is 9.76. The van der Waals surface area contributed by atoms with E-state index in [9.17, 15) is 0 Å². The molecular formula is C29H27ClN4. The predicted molar refractivity (Wildman–Crippen MR) is 141 cm³/mol. The quantitative estimate of drug-likeness (QED) is 0.444. The van der Waals surface area contributed by atoms with Crippen LogP contribution >= 0.6 is 11.6 Å². The van der Waals surface area contributed by atoms with E-state index in [1.165, 1.54) is 25.0 Å². The van der Waals surface area contributed by atoms with Crippen LogP contribution in [0.25, 0.3) is 27.7 Å². The second-order valence-electron chi connectivity index (χ2n) is 9.27. The molecule has 5 heteroatoms. The molecule has 1 fully saturated rings. The monoisotopic (exact) mass is 466 g/mol. The van der Waals surface area contributed by atoms with Crippen molar-refractivity contribution in [3.63, 3.8) is 0 Å². The Kier molecular flexibility index (Phi) is 5.26. The van der Waals surface area contributed by atoms with Gasteiger partial charge in [0.2, 0.25) is 0 Å². The SMILES string of the molecule is CCC1C=C(C2CCC2)N2C=CN=C(N)C2=C1c1cc2nc(-c3ccccc3)ccc2cc1Cl. The van der Waals surface area contributed by atoms with Gasteiger partial charge in [0, 0.05) is 45.6 Å². The van der Waals surface area contributed by atoms with Crippen molar-refractivity contribution >= 4 is 33.9 Å². The van der Waals surface area contributed by atoms with Gasteiger partial charge in [-0.25, -0.2) is 9.98 Å². The van der Waals surface area contributed by atoms with Gasteiger partial charge >= 0.3 is 0 Å². The second kappa shape index (κ2) is 8.44. The third kappa shape index (κ3) is 3.45. The zero-order valence-corrected chi connectivity index (χ0v) is 20.0. The van der Waals surface area contributed by atoms with Gasteiger partial charge in [0.1, 0.15) is 5.84 Å². The molecule has 2 N–H and O–H groups in total. The molecular weight excluding hydrogens is 440 g/mol. The van der Waals surface area contributed by atoms with E-state index in [2.05, 4.69) is 53.2 Å². The molecule has 6 rings (SSSR count). The van der Waals surface area contributed by atoms with Crippen molar-refractivity contribution in [3.05, 3.63) is 95.1 Å². The summed E-state index contributed by atoms with van der Waals surface area (Å²) >= 11 is 6.93. The van der Waals surface area contributed by atoms with Crippen molar-refractivity contribution in [3.8, 4) is 11.3 Å². The van der Waals surface area contributed by atoms with Crippen molar-refractivity contribution < 1.29 is 0 Å². The van der Waals surface area contributed by atoms with Crippen LogP contribution in [0, 0.1) is 11.8 Å². The molecule has 3 aromatic rings. The fourth-order valence-corrected chi connectivity index (χ4v) is 5.55. The minimum atomic E-state index is 0.217. The first-order valence-corrected chi connectivity index (χ1v) is 12.4. The van der Waals surface area contributed by atoms with Gasteiger partial charge in [-0.05, 0) is 49.0 Å². The normalized spacial score (nSPS) is 20.2. The van der Waals surface area contributed by atoms with Gasteiger partial charge in [-0.1, -0.05) is 67.4 Å². The van der Waals surface area contributed by atoms with Crippen LogP contribution in [-0.2, 0) is 0 Å². The molecule has 0 saturated heterocycles. The first-order valence-electron chi connectivity index (χ1n) is 12.1. The Balaban J connectivity index is 1.53. The molecule has 0 amide bonds. The number of hydrogen-bond acceptors (Lipinski definition) is 4. The number of halogens is 1. The first-order chi connectivity index (χ1) is 16.6. The molecule has 1 unspecified atom stereocenters. The second-order valence-corrected chi connectivity index (χ2v) is 9.67. The average molecular weight is 467 g/mol. The lowest BCUT2D eigenvalue weighted by molar-refractivity contribution is 0.309. The molecule has 0 spiro atoms. The van der Waals surface area contributed by atoms with Crippen LogP contribution in [0.1, 0.15) is 38.2 Å². The number of benzene rings is 2. The van der Waals surface area contributed by atoms with Crippen LogP contribution in [0.3, 0.4) is 0 Å². The molecule has 1 saturated carbocycles. The Labute approximate surface area is 205 Å². The number of rotatable bonds is 4. The van der Waals surface area contributed by atoms with E-state index in [1.807, 2.05) is 30.5 Å². The van der Waals surface area contributed by atoms with Gasteiger partial charge in [-0.3, -0.25) is 0 Å². The minimum Gasteiger partial charge on any atom is -0.382 e. The van der Waals surface area contributed by atoms with E-state index in [-0.39, 0.29) is 5.92 Å². The maximum Gasteiger partial charge on any atom is 0.148 e. The maximum absolute atomic E-state index is 6.93. The Morgan fingerprint density at radius 1 is 1.09 bits per heavy atom. The van der Waals surface area contributed by atoms with E-state index in [1.54, 1.807) is 6.20 Å². The van der Waals surface area contributed by atoms with Crippen LogP contribution < -0.4 is 5.73 Å². The van der Waals surface area contributed by atoms with Gasteiger partial charge in [0.25, 0.3) is 0 Å². The molecule has 4 nitrogen and oxygen atoms in total. The molecule has 0 radical (unpaired) electrons. The summed E-state index contributed by atoms with van der Waals surface area (Å²) in [6.07, 6.45) is 11.0. The number of amidine groups is 1. The summed E-state index contributed by atoms with van der Waals surface area (Å²) in [4.78, 5) is 11.7. The van der Waals surface area contributed by atoms with E-state index < -0.39 is 0 Å². The standard InChI is InChI=1S/C29H27ClN4/c1-2-18-16-26(20-9-6-10-20)34-14-13-32-29(31)28(34)27(18)22-17-25-21(15-23(22)30)11-12-24(33-25)19-7-4-3-5-8-19/h3-5,7-8,11-18,20H,2,6,9-10H2,1H3,(H2,31,32).